The number of thioether (sulfide) groups is 1. The Hall–Kier alpha value is -2.64. The maximum absolute atomic E-state index is 5.76. The van der Waals surface area contributed by atoms with Gasteiger partial charge in [-0.25, -0.2) is 4.98 Å². The predicted octanol–water partition coefficient (Wildman–Crippen LogP) is 5.56. The normalized spacial score (nSPS) is 11.7. The summed E-state index contributed by atoms with van der Waals surface area (Å²) in [5.41, 5.74) is 10.2. The van der Waals surface area contributed by atoms with E-state index in [1.807, 2.05) is 23.6 Å². The summed E-state index contributed by atoms with van der Waals surface area (Å²) in [6.45, 7) is 6.65. The summed E-state index contributed by atoms with van der Waals surface area (Å²) in [4.78, 5) is 4.34. The highest BCUT2D eigenvalue weighted by Crippen LogP contribution is 2.31. The van der Waals surface area contributed by atoms with Crippen molar-refractivity contribution in [3.63, 3.8) is 0 Å². The fourth-order valence-corrected chi connectivity index (χ4v) is 4.52. The molecule has 2 N–H and O–H groups in total. The van der Waals surface area contributed by atoms with Gasteiger partial charge in [0.05, 0.1) is 5.69 Å². The van der Waals surface area contributed by atoms with Crippen molar-refractivity contribution in [2.24, 2.45) is 0 Å². The van der Waals surface area contributed by atoms with E-state index in [4.69, 9.17) is 5.73 Å². The topological polar surface area (TPSA) is 69.6 Å². The Morgan fingerprint density at radius 1 is 1.00 bits per heavy atom. The second-order valence-electron chi connectivity index (χ2n) is 7.77. The molecule has 0 radical (unpaired) electrons. The number of aromatic nitrogens is 4. The van der Waals surface area contributed by atoms with E-state index in [1.54, 1.807) is 11.8 Å². The van der Waals surface area contributed by atoms with E-state index in [0.717, 1.165) is 27.9 Å². The molecule has 0 aliphatic rings. The van der Waals surface area contributed by atoms with Crippen LogP contribution >= 0.6 is 23.1 Å². The molecule has 0 aliphatic heterocycles. The van der Waals surface area contributed by atoms with Crippen molar-refractivity contribution in [2.75, 3.05) is 5.73 Å². The lowest BCUT2D eigenvalue weighted by molar-refractivity contribution is 0.590. The van der Waals surface area contributed by atoms with Crippen molar-refractivity contribution in [3.8, 4) is 17.1 Å². The molecular formula is C22H23N5S2. The van der Waals surface area contributed by atoms with Gasteiger partial charge in [-0.15, -0.1) is 21.5 Å². The van der Waals surface area contributed by atoms with Crippen molar-refractivity contribution in [1.82, 2.24) is 19.7 Å². The number of thiazole rings is 1. The monoisotopic (exact) mass is 421 g/mol. The van der Waals surface area contributed by atoms with Crippen LogP contribution in [0.3, 0.4) is 0 Å². The zero-order chi connectivity index (χ0) is 20.4. The number of nitrogens with two attached hydrogens (primary N) is 1. The first-order chi connectivity index (χ1) is 13.9. The first-order valence-electron chi connectivity index (χ1n) is 9.36. The Balaban J connectivity index is 1.71. The van der Waals surface area contributed by atoms with Crippen molar-refractivity contribution >= 4 is 28.2 Å². The first kappa shape index (κ1) is 19.7. The van der Waals surface area contributed by atoms with Crippen LogP contribution in [0.5, 0.6) is 0 Å². The van der Waals surface area contributed by atoms with E-state index >= 15 is 0 Å². The Bertz CT molecular complexity index is 1090. The van der Waals surface area contributed by atoms with E-state index in [0.29, 0.717) is 10.9 Å². The number of hydrogen-bond donors (Lipinski definition) is 1. The van der Waals surface area contributed by atoms with Gasteiger partial charge in [-0.05, 0) is 23.1 Å². The summed E-state index contributed by atoms with van der Waals surface area (Å²) in [6.07, 6.45) is 0. The minimum absolute atomic E-state index is 0.113. The van der Waals surface area contributed by atoms with Gasteiger partial charge in [-0.3, -0.25) is 4.57 Å². The molecule has 0 saturated heterocycles. The van der Waals surface area contributed by atoms with Crippen LogP contribution in [0, 0.1) is 0 Å². The zero-order valence-electron chi connectivity index (χ0n) is 16.7. The number of nitrogen functional groups attached to an aromatic ring is 1. The number of nitrogens with zero attached hydrogens (tertiary/aromatic N) is 4. The minimum Gasteiger partial charge on any atom is -0.375 e. The van der Waals surface area contributed by atoms with Crippen molar-refractivity contribution < 1.29 is 0 Å². The van der Waals surface area contributed by atoms with E-state index < -0.39 is 0 Å². The van der Waals surface area contributed by atoms with Crippen LogP contribution in [0.4, 0.5) is 5.13 Å². The Morgan fingerprint density at radius 3 is 2.34 bits per heavy atom. The molecule has 0 atom stereocenters. The molecule has 0 aliphatic carbocycles. The fraction of sp³-hybridized carbons (Fsp3) is 0.227. The van der Waals surface area contributed by atoms with Crippen LogP contribution in [0.25, 0.3) is 17.1 Å². The molecule has 2 aromatic heterocycles. The molecule has 0 spiro atoms. The third-order valence-corrected chi connectivity index (χ3v) is 6.26. The van der Waals surface area contributed by atoms with Gasteiger partial charge >= 0.3 is 0 Å². The molecule has 4 rings (SSSR count). The van der Waals surface area contributed by atoms with Crippen molar-refractivity contribution in [2.45, 2.75) is 37.1 Å². The smallest absolute Gasteiger partial charge is 0.196 e. The molecule has 0 unspecified atom stereocenters. The van der Waals surface area contributed by atoms with E-state index in [-0.39, 0.29) is 5.41 Å². The average Bonchev–Trinajstić information content (AvgIpc) is 3.32. The standard InChI is InChI=1S/C22H23N5S2/c1-22(2,3)16-11-9-15(10-12-16)19-25-26-21(27(19)18-7-5-4-6-8-18)29-14-17-13-28-20(23)24-17/h4-13H,14H2,1-3H3,(H2,23,24). The van der Waals surface area contributed by atoms with Crippen molar-refractivity contribution in [1.29, 1.82) is 0 Å². The molecule has 148 valence electrons. The highest BCUT2D eigenvalue weighted by molar-refractivity contribution is 7.98. The lowest BCUT2D eigenvalue weighted by atomic mass is 9.87. The Morgan fingerprint density at radius 2 is 1.72 bits per heavy atom. The second kappa shape index (κ2) is 8.00. The van der Waals surface area contributed by atoms with Gasteiger partial charge in [0.15, 0.2) is 16.1 Å². The molecular weight excluding hydrogens is 398 g/mol. The Kier molecular flexibility index (Phi) is 5.43. The number of benzene rings is 2. The number of hydrogen-bond acceptors (Lipinski definition) is 6. The average molecular weight is 422 g/mol. The SMILES string of the molecule is CC(C)(C)c1ccc(-c2nnc(SCc3csc(N)n3)n2-c2ccccc2)cc1. The summed E-state index contributed by atoms with van der Waals surface area (Å²) >= 11 is 3.07. The molecule has 5 nitrogen and oxygen atoms in total. The van der Waals surface area contributed by atoms with Gasteiger partial charge in [0.2, 0.25) is 0 Å². The summed E-state index contributed by atoms with van der Waals surface area (Å²) in [5.74, 6) is 1.53. The zero-order valence-corrected chi connectivity index (χ0v) is 18.3. The van der Waals surface area contributed by atoms with Crippen LogP contribution in [0.15, 0.2) is 65.1 Å². The molecule has 7 heteroatoms. The summed E-state index contributed by atoms with van der Waals surface area (Å²) in [5, 5.41) is 12.4. The summed E-state index contributed by atoms with van der Waals surface area (Å²) in [6, 6.07) is 18.8. The van der Waals surface area contributed by atoms with Crippen LogP contribution in [0.1, 0.15) is 32.0 Å². The molecule has 0 amide bonds. The maximum atomic E-state index is 5.76. The third kappa shape index (κ3) is 4.36. The molecule has 0 saturated carbocycles. The van der Waals surface area contributed by atoms with Gasteiger partial charge < -0.3 is 5.73 Å². The Labute approximate surface area is 179 Å². The molecule has 29 heavy (non-hydrogen) atoms. The van der Waals surface area contributed by atoms with Gasteiger partial charge in [0, 0.05) is 22.4 Å². The first-order valence-corrected chi connectivity index (χ1v) is 11.2. The summed E-state index contributed by atoms with van der Waals surface area (Å²) in [7, 11) is 0. The minimum atomic E-state index is 0.113. The number of para-hydroxylation sites is 1. The lowest BCUT2D eigenvalue weighted by Crippen LogP contribution is -2.10. The molecule has 2 aromatic carbocycles. The number of anilines is 1. The van der Waals surface area contributed by atoms with E-state index in [2.05, 4.69) is 76.9 Å². The van der Waals surface area contributed by atoms with Crippen molar-refractivity contribution in [3.05, 3.63) is 71.2 Å². The van der Waals surface area contributed by atoms with E-state index in [1.165, 1.54) is 16.9 Å². The van der Waals surface area contributed by atoms with Gasteiger partial charge in [-0.1, -0.05) is 75.0 Å². The largest absolute Gasteiger partial charge is 0.375 e. The maximum Gasteiger partial charge on any atom is 0.196 e. The van der Waals surface area contributed by atoms with Gasteiger partial charge in [0.25, 0.3) is 0 Å². The summed E-state index contributed by atoms with van der Waals surface area (Å²) < 4.78 is 2.10. The number of rotatable bonds is 5. The van der Waals surface area contributed by atoms with Crippen LogP contribution in [-0.4, -0.2) is 19.7 Å². The van der Waals surface area contributed by atoms with Gasteiger partial charge in [0.1, 0.15) is 0 Å². The lowest BCUT2D eigenvalue weighted by Gasteiger charge is -2.19. The molecule has 0 bridgehead atoms. The third-order valence-electron chi connectivity index (χ3n) is 4.58. The highest BCUT2D eigenvalue weighted by atomic mass is 32.2. The van der Waals surface area contributed by atoms with Crippen LogP contribution < -0.4 is 5.73 Å². The van der Waals surface area contributed by atoms with Crippen LogP contribution in [-0.2, 0) is 11.2 Å². The molecule has 2 heterocycles. The van der Waals surface area contributed by atoms with E-state index in [9.17, 15) is 0 Å². The predicted molar refractivity (Wildman–Crippen MR) is 122 cm³/mol. The quantitative estimate of drug-likeness (QED) is 0.427. The molecule has 0 fully saturated rings. The van der Waals surface area contributed by atoms with Crippen LogP contribution in [0.2, 0.25) is 0 Å². The van der Waals surface area contributed by atoms with Gasteiger partial charge in [-0.2, -0.15) is 0 Å². The molecule has 4 aromatic rings. The fourth-order valence-electron chi connectivity index (χ4n) is 3.01. The highest BCUT2D eigenvalue weighted by Gasteiger charge is 2.18. The second-order valence-corrected chi connectivity index (χ2v) is 9.60.